The number of anilines is 1. The number of nitrogens with one attached hydrogen (secondary N) is 1. The Kier molecular flexibility index (Phi) is 4.50. The molecule has 2 aromatic heterocycles. The van der Waals surface area contributed by atoms with E-state index in [0.29, 0.717) is 24.0 Å². The van der Waals surface area contributed by atoms with Crippen LogP contribution in [0.1, 0.15) is 12.8 Å². The summed E-state index contributed by atoms with van der Waals surface area (Å²) in [5, 5.41) is 7.99. The highest BCUT2D eigenvalue weighted by atomic mass is 16.5. The first-order valence-electron chi connectivity index (χ1n) is 9.48. The second-order valence-corrected chi connectivity index (χ2v) is 6.91. The van der Waals surface area contributed by atoms with Gasteiger partial charge in [-0.3, -0.25) is 9.78 Å². The van der Waals surface area contributed by atoms with Crippen LogP contribution in [0.3, 0.4) is 0 Å². The molecule has 2 aromatic carbocycles. The van der Waals surface area contributed by atoms with Crippen molar-refractivity contribution in [2.24, 2.45) is 0 Å². The van der Waals surface area contributed by atoms with Crippen LogP contribution in [0.5, 0.6) is 0 Å². The summed E-state index contributed by atoms with van der Waals surface area (Å²) in [6.07, 6.45) is 3.01. The van der Waals surface area contributed by atoms with Gasteiger partial charge in [-0.05, 0) is 43.2 Å². The number of carbonyl (C=O) groups excluding carboxylic acids is 1. The lowest BCUT2D eigenvalue weighted by Crippen LogP contribution is -2.26. The maximum atomic E-state index is 12.3. The Morgan fingerprint density at radius 2 is 2.00 bits per heavy atom. The van der Waals surface area contributed by atoms with Gasteiger partial charge >= 0.3 is 0 Å². The fraction of sp³-hybridized carbons (Fsp3) is 0.182. The lowest BCUT2D eigenvalue weighted by atomic mass is 10.1. The van der Waals surface area contributed by atoms with E-state index in [-0.39, 0.29) is 12.0 Å². The van der Waals surface area contributed by atoms with Gasteiger partial charge in [0.05, 0.1) is 5.52 Å². The third kappa shape index (κ3) is 3.60. The zero-order valence-corrected chi connectivity index (χ0v) is 15.5. The van der Waals surface area contributed by atoms with E-state index in [2.05, 4.69) is 20.4 Å². The van der Waals surface area contributed by atoms with E-state index in [0.717, 1.165) is 34.9 Å². The Morgan fingerprint density at radius 1 is 1.07 bits per heavy atom. The lowest BCUT2D eigenvalue weighted by Gasteiger charge is -2.10. The molecule has 0 bridgehead atoms. The quantitative estimate of drug-likeness (QED) is 0.569. The molecular weight excluding hydrogens is 368 g/mol. The molecule has 3 heterocycles. The Labute approximate surface area is 166 Å². The van der Waals surface area contributed by atoms with Crippen molar-refractivity contribution in [3.05, 3.63) is 60.8 Å². The van der Waals surface area contributed by atoms with Gasteiger partial charge in [-0.25, -0.2) is 0 Å². The highest BCUT2D eigenvalue weighted by Crippen LogP contribution is 2.26. The molecule has 144 valence electrons. The smallest absolute Gasteiger partial charge is 0.258 e. The zero-order chi connectivity index (χ0) is 19.6. The molecule has 7 heteroatoms. The van der Waals surface area contributed by atoms with Crippen LogP contribution in [0.25, 0.3) is 33.7 Å². The number of carbonyl (C=O) groups is 1. The first-order valence-corrected chi connectivity index (χ1v) is 9.48. The number of para-hydroxylation sites is 1. The van der Waals surface area contributed by atoms with Crippen molar-refractivity contribution in [2.75, 3.05) is 11.9 Å². The Morgan fingerprint density at radius 3 is 2.90 bits per heavy atom. The minimum atomic E-state index is -0.380. The molecule has 1 atom stereocenters. The molecule has 1 N–H and O–H groups in total. The van der Waals surface area contributed by atoms with E-state index in [1.54, 1.807) is 6.20 Å². The molecule has 0 spiro atoms. The second kappa shape index (κ2) is 7.44. The average Bonchev–Trinajstić information content (AvgIpc) is 3.46. The summed E-state index contributed by atoms with van der Waals surface area (Å²) in [7, 11) is 0. The van der Waals surface area contributed by atoms with Gasteiger partial charge in [0.25, 0.3) is 11.8 Å². The van der Waals surface area contributed by atoms with Crippen LogP contribution >= 0.6 is 0 Å². The first kappa shape index (κ1) is 17.5. The van der Waals surface area contributed by atoms with E-state index in [1.807, 2.05) is 54.6 Å². The molecule has 4 aromatic rings. The number of fused-ring (bicyclic) bond motifs is 1. The van der Waals surface area contributed by atoms with E-state index >= 15 is 0 Å². The molecule has 1 fully saturated rings. The van der Waals surface area contributed by atoms with Crippen LogP contribution in [-0.4, -0.2) is 33.7 Å². The summed E-state index contributed by atoms with van der Waals surface area (Å²) in [6, 6.07) is 17.2. The van der Waals surface area contributed by atoms with Gasteiger partial charge < -0.3 is 14.6 Å². The summed E-state index contributed by atoms with van der Waals surface area (Å²) in [5.74, 6) is 0.710. The van der Waals surface area contributed by atoms with Crippen molar-refractivity contribution in [2.45, 2.75) is 18.9 Å². The van der Waals surface area contributed by atoms with E-state index in [1.165, 1.54) is 0 Å². The lowest BCUT2D eigenvalue weighted by molar-refractivity contribution is -0.124. The van der Waals surface area contributed by atoms with E-state index in [9.17, 15) is 4.79 Å². The predicted octanol–water partition coefficient (Wildman–Crippen LogP) is 4.07. The van der Waals surface area contributed by atoms with E-state index in [4.69, 9.17) is 9.26 Å². The number of pyridine rings is 1. The molecule has 1 aliphatic heterocycles. The summed E-state index contributed by atoms with van der Waals surface area (Å²) in [4.78, 5) is 21.2. The Balaban J connectivity index is 1.39. The zero-order valence-electron chi connectivity index (χ0n) is 15.5. The van der Waals surface area contributed by atoms with Gasteiger partial charge in [-0.2, -0.15) is 4.98 Å². The fourth-order valence-electron chi connectivity index (χ4n) is 3.39. The molecule has 0 saturated carbocycles. The summed E-state index contributed by atoms with van der Waals surface area (Å²) in [5.41, 5.74) is 3.08. The minimum absolute atomic E-state index is 0.131. The molecule has 5 rings (SSSR count). The number of aromatic nitrogens is 3. The highest BCUT2D eigenvalue weighted by Gasteiger charge is 2.23. The number of hydrogen-bond donors (Lipinski definition) is 1. The molecule has 1 saturated heterocycles. The minimum Gasteiger partial charge on any atom is -0.368 e. The first-order chi connectivity index (χ1) is 14.3. The molecule has 1 unspecified atom stereocenters. The van der Waals surface area contributed by atoms with Gasteiger partial charge in [0.15, 0.2) is 0 Å². The number of rotatable bonds is 4. The van der Waals surface area contributed by atoms with Gasteiger partial charge in [0, 0.05) is 35.0 Å². The number of hydrogen-bond acceptors (Lipinski definition) is 6. The standard InChI is InChI=1S/C22H18N4O3/c27-21(19-9-4-10-28-19)24-17-7-3-6-15(12-17)22-25-20(26-29-22)16-11-14-5-1-2-8-18(14)23-13-16/h1-3,5-8,11-13,19H,4,9-10H2,(H,24,27). The van der Waals surface area contributed by atoms with Crippen LogP contribution < -0.4 is 5.32 Å². The van der Waals surface area contributed by atoms with Crippen molar-refractivity contribution in [1.29, 1.82) is 0 Å². The van der Waals surface area contributed by atoms with Crippen molar-refractivity contribution in [1.82, 2.24) is 15.1 Å². The highest BCUT2D eigenvalue weighted by molar-refractivity contribution is 5.94. The third-order valence-corrected chi connectivity index (χ3v) is 4.87. The largest absolute Gasteiger partial charge is 0.368 e. The van der Waals surface area contributed by atoms with Crippen LogP contribution in [-0.2, 0) is 9.53 Å². The molecule has 1 amide bonds. The molecule has 1 aliphatic rings. The maximum Gasteiger partial charge on any atom is 0.258 e. The van der Waals surface area contributed by atoms with Gasteiger partial charge in [0.2, 0.25) is 5.82 Å². The van der Waals surface area contributed by atoms with Crippen LogP contribution in [0.15, 0.2) is 65.3 Å². The molecule has 7 nitrogen and oxygen atoms in total. The Bertz CT molecular complexity index is 1180. The maximum absolute atomic E-state index is 12.3. The number of ether oxygens (including phenoxy) is 1. The van der Waals surface area contributed by atoms with Crippen LogP contribution in [0, 0.1) is 0 Å². The summed E-state index contributed by atoms with van der Waals surface area (Å²) in [6.45, 7) is 0.631. The molecular formula is C22H18N4O3. The van der Waals surface area contributed by atoms with Crippen molar-refractivity contribution < 1.29 is 14.1 Å². The van der Waals surface area contributed by atoms with Gasteiger partial charge in [-0.15, -0.1) is 0 Å². The number of benzene rings is 2. The SMILES string of the molecule is O=C(Nc1cccc(-c2nc(-c3cnc4ccccc4c3)no2)c1)C1CCCO1. The Hall–Kier alpha value is -3.58. The number of amides is 1. The van der Waals surface area contributed by atoms with Crippen molar-refractivity contribution in [3.8, 4) is 22.8 Å². The van der Waals surface area contributed by atoms with Crippen molar-refractivity contribution in [3.63, 3.8) is 0 Å². The normalized spacial score (nSPS) is 16.2. The third-order valence-electron chi connectivity index (χ3n) is 4.87. The number of nitrogens with zero attached hydrogens (tertiary/aromatic N) is 3. The van der Waals surface area contributed by atoms with Crippen LogP contribution in [0.2, 0.25) is 0 Å². The van der Waals surface area contributed by atoms with Gasteiger partial charge in [0.1, 0.15) is 6.10 Å². The topological polar surface area (TPSA) is 90.1 Å². The van der Waals surface area contributed by atoms with Gasteiger partial charge in [-0.1, -0.05) is 29.4 Å². The average molecular weight is 386 g/mol. The molecule has 0 aliphatic carbocycles. The predicted molar refractivity (Wildman–Crippen MR) is 108 cm³/mol. The van der Waals surface area contributed by atoms with E-state index < -0.39 is 0 Å². The summed E-state index contributed by atoms with van der Waals surface area (Å²) < 4.78 is 10.9. The molecule has 29 heavy (non-hydrogen) atoms. The van der Waals surface area contributed by atoms with Crippen molar-refractivity contribution >= 4 is 22.5 Å². The summed E-state index contributed by atoms with van der Waals surface area (Å²) >= 11 is 0. The molecule has 0 radical (unpaired) electrons. The fourth-order valence-corrected chi connectivity index (χ4v) is 3.39. The monoisotopic (exact) mass is 386 g/mol. The van der Waals surface area contributed by atoms with Crippen LogP contribution in [0.4, 0.5) is 5.69 Å². The second-order valence-electron chi connectivity index (χ2n) is 6.91.